The first kappa shape index (κ1) is 10.4. The second kappa shape index (κ2) is 3.77. The number of carbonyl (C=O) groups is 1. The summed E-state index contributed by atoms with van der Waals surface area (Å²) in [6.07, 6.45) is 2.98. The maximum atomic E-state index is 11.0. The van der Waals surface area contributed by atoms with Crippen LogP contribution in [0.15, 0.2) is 24.5 Å². The van der Waals surface area contributed by atoms with Gasteiger partial charge in [0.25, 0.3) is 0 Å². The van der Waals surface area contributed by atoms with Crippen molar-refractivity contribution in [2.75, 3.05) is 0 Å². The molecule has 2 heterocycles. The first-order valence-corrected chi connectivity index (χ1v) is 4.78. The van der Waals surface area contributed by atoms with E-state index in [1.54, 1.807) is 13.2 Å². The third kappa shape index (κ3) is 1.56. The Labute approximate surface area is 92.4 Å². The molecular weight excluding hydrogens is 206 g/mol. The van der Waals surface area contributed by atoms with Crippen LogP contribution < -0.4 is 0 Å². The van der Waals surface area contributed by atoms with Gasteiger partial charge in [0.15, 0.2) is 0 Å². The van der Waals surface area contributed by atoms with Gasteiger partial charge >= 0.3 is 5.97 Å². The molecule has 0 aliphatic carbocycles. The number of hydrogen-bond donors (Lipinski definition) is 1. The lowest BCUT2D eigenvalue weighted by atomic mass is 10.1. The molecule has 1 N–H and O–H groups in total. The van der Waals surface area contributed by atoms with Gasteiger partial charge in [0.1, 0.15) is 11.3 Å². The highest BCUT2D eigenvalue weighted by molar-refractivity contribution is 5.94. The van der Waals surface area contributed by atoms with E-state index in [0.29, 0.717) is 11.4 Å². The van der Waals surface area contributed by atoms with E-state index in [1.165, 1.54) is 10.9 Å². The summed E-state index contributed by atoms with van der Waals surface area (Å²) in [5, 5.41) is 13.0. The van der Waals surface area contributed by atoms with Gasteiger partial charge in [0.2, 0.25) is 0 Å². The fourth-order valence-electron chi connectivity index (χ4n) is 1.61. The molecule has 5 nitrogen and oxygen atoms in total. The predicted octanol–water partition coefficient (Wildman–Crippen LogP) is 1.49. The molecule has 0 fully saturated rings. The molecule has 0 bridgehead atoms. The van der Waals surface area contributed by atoms with Gasteiger partial charge in [-0.05, 0) is 18.6 Å². The van der Waals surface area contributed by atoms with E-state index in [4.69, 9.17) is 5.11 Å². The Bertz CT molecular complexity index is 546. The molecular formula is C11H11N3O2. The minimum absolute atomic E-state index is 0.171. The van der Waals surface area contributed by atoms with Crippen LogP contribution in [0.25, 0.3) is 11.4 Å². The molecule has 5 heteroatoms. The number of rotatable bonds is 2. The summed E-state index contributed by atoms with van der Waals surface area (Å²) in [5.74, 6) is -0.992. The molecule has 2 aromatic heterocycles. The van der Waals surface area contributed by atoms with Crippen LogP contribution in [0.2, 0.25) is 0 Å². The van der Waals surface area contributed by atoms with Gasteiger partial charge in [-0.3, -0.25) is 9.67 Å². The van der Waals surface area contributed by atoms with Crippen LogP contribution in [0.3, 0.4) is 0 Å². The normalized spacial score (nSPS) is 10.4. The Morgan fingerprint density at radius 3 is 2.88 bits per heavy atom. The summed E-state index contributed by atoms with van der Waals surface area (Å²) in [6.45, 7) is 1.89. The summed E-state index contributed by atoms with van der Waals surface area (Å²) in [6, 6.07) is 3.70. The molecule has 2 aromatic rings. The number of nitrogens with zero attached hydrogens (tertiary/aromatic N) is 3. The monoisotopic (exact) mass is 217 g/mol. The molecule has 0 unspecified atom stereocenters. The first-order chi connectivity index (χ1) is 7.61. The molecule has 0 saturated heterocycles. The lowest BCUT2D eigenvalue weighted by molar-refractivity contribution is 0.0697. The Kier molecular flexibility index (Phi) is 2.44. The number of aromatic carboxylic acids is 1. The Balaban J connectivity index is 2.68. The number of carboxylic acid groups (broad SMARTS) is 1. The van der Waals surface area contributed by atoms with Crippen LogP contribution in [0.1, 0.15) is 15.9 Å². The van der Waals surface area contributed by atoms with Gasteiger partial charge in [-0.2, -0.15) is 5.10 Å². The molecule has 0 aromatic carbocycles. The van der Waals surface area contributed by atoms with Gasteiger partial charge in [0.05, 0.1) is 11.9 Å². The summed E-state index contributed by atoms with van der Waals surface area (Å²) < 4.78 is 1.53. The van der Waals surface area contributed by atoms with Crippen LogP contribution in [0.5, 0.6) is 0 Å². The quantitative estimate of drug-likeness (QED) is 0.827. The van der Waals surface area contributed by atoms with E-state index in [2.05, 4.69) is 10.1 Å². The Morgan fingerprint density at radius 1 is 1.50 bits per heavy atom. The highest BCUT2D eigenvalue weighted by Gasteiger charge is 2.18. The SMILES string of the molecule is Cc1cccnc1-c1c(C(=O)O)cnn1C. The number of pyridine rings is 1. The standard InChI is InChI=1S/C11H11N3O2/c1-7-4-3-5-12-9(7)10-8(11(15)16)6-13-14(10)2/h3-6H,1-2H3,(H,15,16). The van der Waals surface area contributed by atoms with Crippen LogP contribution in [0.4, 0.5) is 0 Å². The summed E-state index contributed by atoms with van der Waals surface area (Å²) >= 11 is 0. The molecule has 0 atom stereocenters. The largest absolute Gasteiger partial charge is 0.478 e. The van der Waals surface area contributed by atoms with Crippen molar-refractivity contribution < 1.29 is 9.90 Å². The summed E-state index contributed by atoms with van der Waals surface area (Å²) in [4.78, 5) is 15.2. The number of hydrogen-bond acceptors (Lipinski definition) is 3. The van der Waals surface area contributed by atoms with Crippen molar-refractivity contribution in [2.45, 2.75) is 6.92 Å². The fourth-order valence-corrected chi connectivity index (χ4v) is 1.61. The highest BCUT2D eigenvalue weighted by atomic mass is 16.4. The molecule has 16 heavy (non-hydrogen) atoms. The maximum Gasteiger partial charge on any atom is 0.339 e. The fraction of sp³-hybridized carbons (Fsp3) is 0.182. The van der Waals surface area contributed by atoms with Crippen molar-refractivity contribution in [3.63, 3.8) is 0 Å². The number of aromatic nitrogens is 3. The van der Waals surface area contributed by atoms with Crippen LogP contribution in [-0.2, 0) is 7.05 Å². The van der Waals surface area contributed by atoms with Crippen molar-refractivity contribution in [3.8, 4) is 11.4 Å². The van der Waals surface area contributed by atoms with Gasteiger partial charge in [0, 0.05) is 13.2 Å². The number of carboxylic acids is 1. The van der Waals surface area contributed by atoms with Gasteiger partial charge in [-0.15, -0.1) is 0 Å². The Morgan fingerprint density at radius 2 is 2.25 bits per heavy atom. The third-order valence-corrected chi connectivity index (χ3v) is 2.40. The Hall–Kier alpha value is -2.17. The van der Waals surface area contributed by atoms with E-state index < -0.39 is 5.97 Å². The van der Waals surface area contributed by atoms with E-state index in [0.717, 1.165) is 5.56 Å². The van der Waals surface area contributed by atoms with E-state index in [9.17, 15) is 4.79 Å². The predicted molar refractivity (Wildman–Crippen MR) is 58.1 cm³/mol. The topological polar surface area (TPSA) is 68.0 Å². The average molecular weight is 217 g/mol. The molecule has 0 aliphatic heterocycles. The zero-order chi connectivity index (χ0) is 11.7. The van der Waals surface area contributed by atoms with E-state index in [1.807, 2.05) is 19.1 Å². The zero-order valence-corrected chi connectivity index (χ0v) is 9.01. The molecule has 0 aliphatic rings. The van der Waals surface area contributed by atoms with Crippen LogP contribution >= 0.6 is 0 Å². The number of aryl methyl sites for hydroxylation is 2. The molecule has 2 rings (SSSR count). The molecule has 0 spiro atoms. The minimum Gasteiger partial charge on any atom is -0.478 e. The van der Waals surface area contributed by atoms with Gasteiger partial charge in [-0.1, -0.05) is 6.07 Å². The molecule has 0 amide bonds. The lowest BCUT2D eigenvalue weighted by Gasteiger charge is -2.05. The van der Waals surface area contributed by atoms with E-state index >= 15 is 0 Å². The van der Waals surface area contributed by atoms with E-state index in [-0.39, 0.29) is 5.56 Å². The van der Waals surface area contributed by atoms with Gasteiger partial charge < -0.3 is 5.11 Å². The summed E-state index contributed by atoms with van der Waals surface area (Å²) in [5.41, 5.74) is 2.28. The molecule has 0 saturated carbocycles. The van der Waals surface area contributed by atoms with Crippen LogP contribution in [0, 0.1) is 6.92 Å². The van der Waals surface area contributed by atoms with Crippen LogP contribution in [-0.4, -0.2) is 25.8 Å². The van der Waals surface area contributed by atoms with Crippen molar-refractivity contribution in [1.29, 1.82) is 0 Å². The van der Waals surface area contributed by atoms with Crippen molar-refractivity contribution >= 4 is 5.97 Å². The minimum atomic E-state index is -0.992. The lowest BCUT2D eigenvalue weighted by Crippen LogP contribution is -2.03. The summed E-state index contributed by atoms with van der Waals surface area (Å²) in [7, 11) is 1.70. The highest BCUT2D eigenvalue weighted by Crippen LogP contribution is 2.23. The van der Waals surface area contributed by atoms with Gasteiger partial charge in [-0.25, -0.2) is 4.79 Å². The second-order valence-corrected chi connectivity index (χ2v) is 3.50. The molecule has 82 valence electrons. The van der Waals surface area contributed by atoms with Crippen molar-refractivity contribution in [3.05, 3.63) is 35.7 Å². The first-order valence-electron chi connectivity index (χ1n) is 4.78. The smallest absolute Gasteiger partial charge is 0.339 e. The zero-order valence-electron chi connectivity index (χ0n) is 9.01. The maximum absolute atomic E-state index is 11.0. The van der Waals surface area contributed by atoms with Crippen molar-refractivity contribution in [1.82, 2.24) is 14.8 Å². The molecule has 0 radical (unpaired) electrons. The third-order valence-electron chi connectivity index (χ3n) is 2.40. The average Bonchev–Trinajstić information content (AvgIpc) is 2.61. The second-order valence-electron chi connectivity index (χ2n) is 3.50. The van der Waals surface area contributed by atoms with Crippen molar-refractivity contribution in [2.24, 2.45) is 7.05 Å².